The average molecular weight is 386 g/mol. The fourth-order valence-corrected chi connectivity index (χ4v) is 2.21. The van der Waals surface area contributed by atoms with E-state index in [1.165, 1.54) is 18.3 Å². The number of carbonyl (C=O) groups excluding carboxylic acids is 1. The van der Waals surface area contributed by atoms with Gasteiger partial charge < -0.3 is 5.32 Å². The molecule has 1 amide bonds. The van der Waals surface area contributed by atoms with Crippen molar-refractivity contribution in [2.24, 2.45) is 0 Å². The predicted molar refractivity (Wildman–Crippen MR) is 98.7 cm³/mol. The van der Waals surface area contributed by atoms with Gasteiger partial charge in [-0.05, 0) is 36.4 Å². The van der Waals surface area contributed by atoms with Crippen molar-refractivity contribution in [3.63, 3.8) is 0 Å². The van der Waals surface area contributed by atoms with Gasteiger partial charge >= 0.3 is 5.69 Å². The number of benzene rings is 1. The Morgan fingerprint density at radius 1 is 1.04 bits per heavy atom. The summed E-state index contributed by atoms with van der Waals surface area (Å²) in [5.41, 5.74) is 4.67. The van der Waals surface area contributed by atoms with Crippen molar-refractivity contribution in [3.05, 3.63) is 75.7 Å². The molecule has 0 spiro atoms. The summed E-state index contributed by atoms with van der Waals surface area (Å²) in [6.07, 6.45) is 2.65. The Hall–Kier alpha value is -3.79. The molecule has 0 fully saturated rings. The van der Waals surface area contributed by atoms with Crippen LogP contribution in [0.3, 0.4) is 0 Å². The maximum atomic E-state index is 12.1. The second-order valence-corrected chi connectivity index (χ2v) is 5.54. The van der Waals surface area contributed by atoms with E-state index in [9.17, 15) is 14.9 Å². The Labute approximate surface area is 157 Å². The molecule has 1 aromatic carbocycles. The predicted octanol–water partition coefficient (Wildman–Crippen LogP) is 2.93. The monoisotopic (exact) mass is 385 g/mol. The maximum absolute atomic E-state index is 12.1. The first-order chi connectivity index (χ1) is 13.0. The summed E-state index contributed by atoms with van der Waals surface area (Å²) in [5.74, 6) is -0.401. The van der Waals surface area contributed by atoms with Gasteiger partial charge in [-0.15, -0.1) is 0 Å². The van der Waals surface area contributed by atoms with E-state index in [1.54, 1.807) is 30.3 Å². The highest BCUT2D eigenvalue weighted by atomic mass is 35.5. The Kier molecular flexibility index (Phi) is 5.38. The lowest BCUT2D eigenvalue weighted by atomic mass is 10.2. The van der Waals surface area contributed by atoms with Gasteiger partial charge in [0.2, 0.25) is 11.6 Å². The van der Waals surface area contributed by atoms with Crippen molar-refractivity contribution >= 4 is 40.6 Å². The number of amides is 1. The highest BCUT2D eigenvalue weighted by Crippen LogP contribution is 2.30. The highest BCUT2D eigenvalue weighted by Gasteiger charge is 2.24. The molecule has 136 valence electrons. The standard InChI is InChI=1S/C16H12ClN7O3/c17-11-6-4-10(5-7-11)16(25)23-22-15-13(24(26)27)14(19-9-20-15)21-12-3-1-2-8-18-12/h1-9H,(H,23,25)(H2,18,19,20,21,22). The molecule has 2 heterocycles. The van der Waals surface area contributed by atoms with E-state index in [2.05, 4.69) is 31.1 Å². The first-order valence-corrected chi connectivity index (χ1v) is 7.92. The van der Waals surface area contributed by atoms with Crippen molar-refractivity contribution in [2.45, 2.75) is 0 Å². The van der Waals surface area contributed by atoms with Crippen LogP contribution in [0, 0.1) is 10.1 Å². The van der Waals surface area contributed by atoms with Gasteiger partial charge in [0.15, 0.2) is 0 Å². The van der Waals surface area contributed by atoms with Gasteiger partial charge in [0.05, 0.1) is 4.92 Å². The molecule has 11 heteroatoms. The van der Waals surface area contributed by atoms with Gasteiger partial charge in [0.1, 0.15) is 12.1 Å². The summed E-state index contributed by atoms with van der Waals surface area (Å²) in [7, 11) is 0. The van der Waals surface area contributed by atoms with Crippen LogP contribution in [0.1, 0.15) is 10.4 Å². The molecular formula is C16H12ClN7O3. The number of nitrogens with one attached hydrogen (secondary N) is 3. The Morgan fingerprint density at radius 3 is 2.44 bits per heavy atom. The van der Waals surface area contributed by atoms with Crippen LogP contribution in [0.15, 0.2) is 55.0 Å². The zero-order valence-corrected chi connectivity index (χ0v) is 14.3. The number of rotatable bonds is 6. The van der Waals surface area contributed by atoms with Crippen LogP contribution in [0.2, 0.25) is 5.02 Å². The molecule has 0 unspecified atom stereocenters. The number of carbonyl (C=O) groups is 1. The minimum absolute atomic E-state index is 0.0723. The molecule has 3 aromatic rings. The van der Waals surface area contributed by atoms with Crippen LogP contribution >= 0.6 is 11.6 Å². The molecule has 0 saturated carbocycles. The second kappa shape index (κ2) is 8.06. The molecule has 2 aromatic heterocycles. The van der Waals surface area contributed by atoms with Crippen molar-refractivity contribution in [1.29, 1.82) is 0 Å². The number of anilines is 3. The zero-order chi connectivity index (χ0) is 19.2. The first-order valence-electron chi connectivity index (χ1n) is 7.54. The third-order valence-electron chi connectivity index (χ3n) is 3.32. The van der Waals surface area contributed by atoms with Crippen LogP contribution < -0.4 is 16.2 Å². The Morgan fingerprint density at radius 2 is 1.78 bits per heavy atom. The van der Waals surface area contributed by atoms with Crippen molar-refractivity contribution in [1.82, 2.24) is 20.4 Å². The van der Waals surface area contributed by atoms with E-state index in [4.69, 9.17) is 11.6 Å². The molecule has 0 bridgehead atoms. The van der Waals surface area contributed by atoms with E-state index in [0.717, 1.165) is 6.33 Å². The molecule has 10 nitrogen and oxygen atoms in total. The number of hydrazine groups is 1. The van der Waals surface area contributed by atoms with E-state index in [0.29, 0.717) is 16.4 Å². The number of aromatic nitrogens is 3. The minimum Gasteiger partial charge on any atom is -0.319 e. The first kappa shape index (κ1) is 18.0. The van der Waals surface area contributed by atoms with Crippen LogP contribution in [0.4, 0.5) is 23.1 Å². The molecule has 0 aliphatic rings. The third-order valence-corrected chi connectivity index (χ3v) is 3.57. The topological polar surface area (TPSA) is 135 Å². The van der Waals surface area contributed by atoms with Crippen LogP contribution in [0.5, 0.6) is 0 Å². The lowest BCUT2D eigenvalue weighted by Crippen LogP contribution is -2.30. The van der Waals surface area contributed by atoms with E-state index in [-0.39, 0.29) is 11.6 Å². The third kappa shape index (κ3) is 4.44. The van der Waals surface area contributed by atoms with E-state index in [1.807, 2.05) is 0 Å². The summed E-state index contributed by atoms with van der Waals surface area (Å²) >= 11 is 5.78. The summed E-state index contributed by atoms with van der Waals surface area (Å²) in [6.45, 7) is 0. The van der Waals surface area contributed by atoms with Gasteiger partial charge in [-0.25, -0.2) is 15.0 Å². The molecule has 3 N–H and O–H groups in total. The van der Waals surface area contributed by atoms with Crippen molar-refractivity contribution in [3.8, 4) is 0 Å². The molecule has 0 aliphatic heterocycles. The molecule has 27 heavy (non-hydrogen) atoms. The Balaban J connectivity index is 1.80. The minimum atomic E-state index is -0.665. The summed E-state index contributed by atoms with van der Waals surface area (Å²) in [4.78, 5) is 34.7. The van der Waals surface area contributed by atoms with E-state index < -0.39 is 16.5 Å². The van der Waals surface area contributed by atoms with Crippen LogP contribution in [0.25, 0.3) is 0 Å². The lowest BCUT2D eigenvalue weighted by molar-refractivity contribution is -0.383. The fraction of sp³-hybridized carbons (Fsp3) is 0. The SMILES string of the molecule is O=C(NNc1ncnc(Nc2ccccn2)c1[N+](=O)[O-])c1ccc(Cl)cc1. The fourth-order valence-electron chi connectivity index (χ4n) is 2.08. The highest BCUT2D eigenvalue weighted by molar-refractivity contribution is 6.30. The summed E-state index contributed by atoms with van der Waals surface area (Å²) < 4.78 is 0. The molecule has 0 saturated heterocycles. The van der Waals surface area contributed by atoms with Gasteiger partial charge in [0.25, 0.3) is 5.91 Å². The summed E-state index contributed by atoms with van der Waals surface area (Å²) in [5, 5.41) is 14.7. The smallest absolute Gasteiger partial charge is 0.319 e. The van der Waals surface area contributed by atoms with Crippen LogP contribution in [-0.2, 0) is 0 Å². The lowest BCUT2D eigenvalue weighted by Gasteiger charge is -2.10. The second-order valence-electron chi connectivity index (χ2n) is 5.10. The number of hydrogen-bond acceptors (Lipinski definition) is 8. The average Bonchev–Trinajstić information content (AvgIpc) is 2.67. The van der Waals surface area contributed by atoms with Crippen molar-refractivity contribution in [2.75, 3.05) is 10.7 Å². The van der Waals surface area contributed by atoms with Gasteiger partial charge in [-0.3, -0.25) is 25.8 Å². The largest absolute Gasteiger partial charge is 0.355 e. The molecule has 0 atom stereocenters. The molecule has 3 rings (SSSR count). The molecule has 0 radical (unpaired) electrons. The number of pyridine rings is 1. The van der Waals surface area contributed by atoms with Gasteiger partial charge in [-0.2, -0.15) is 0 Å². The van der Waals surface area contributed by atoms with Crippen LogP contribution in [-0.4, -0.2) is 25.8 Å². The number of halogens is 1. The number of nitro groups is 1. The quantitative estimate of drug-likeness (QED) is 0.435. The van der Waals surface area contributed by atoms with Crippen molar-refractivity contribution < 1.29 is 9.72 Å². The maximum Gasteiger partial charge on any atom is 0.355 e. The Bertz CT molecular complexity index is 968. The normalized spacial score (nSPS) is 10.1. The molecule has 0 aliphatic carbocycles. The van der Waals surface area contributed by atoms with Gasteiger partial charge in [-0.1, -0.05) is 17.7 Å². The van der Waals surface area contributed by atoms with Gasteiger partial charge in [0, 0.05) is 16.8 Å². The molecular weight excluding hydrogens is 374 g/mol. The number of hydrogen-bond donors (Lipinski definition) is 3. The van der Waals surface area contributed by atoms with E-state index >= 15 is 0 Å². The zero-order valence-electron chi connectivity index (χ0n) is 13.6. The number of nitrogens with zero attached hydrogens (tertiary/aromatic N) is 4. The summed E-state index contributed by atoms with van der Waals surface area (Å²) in [6, 6.07) is 11.2.